The lowest BCUT2D eigenvalue weighted by Gasteiger charge is -2.11. The Kier molecular flexibility index (Phi) is 4.89. The highest BCUT2D eigenvalue weighted by Gasteiger charge is 2.30. The van der Waals surface area contributed by atoms with Gasteiger partial charge in [0.2, 0.25) is 0 Å². The molecule has 5 aromatic rings. The van der Waals surface area contributed by atoms with E-state index in [1.165, 1.54) is 12.3 Å². The van der Waals surface area contributed by atoms with Crippen molar-refractivity contribution in [2.24, 2.45) is 0 Å². The Morgan fingerprint density at radius 1 is 0.844 bits per heavy atom. The van der Waals surface area contributed by atoms with Crippen molar-refractivity contribution in [1.29, 1.82) is 0 Å². The first-order valence-corrected chi connectivity index (χ1v) is 9.85. The van der Waals surface area contributed by atoms with Crippen LogP contribution in [0.15, 0.2) is 79.3 Å². The zero-order chi connectivity index (χ0) is 22.1. The van der Waals surface area contributed by atoms with Gasteiger partial charge in [-0.3, -0.25) is 10.1 Å². The molecule has 3 heterocycles. The molecule has 0 atom stereocenters. The summed E-state index contributed by atoms with van der Waals surface area (Å²) in [6.45, 7) is 0. The molecule has 1 N–H and O–H groups in total. The number of hydrogen-bond acceptors (Lipinski definition) is 4. The standard InChI is InChI=1S/C24H16F3N5/c25-24(26,27)17-5-3-4-16(13-17)20-14-29-31-23(20)22-19-7-2-1-6-18(19)21(30-32-22)12-15-8-10-28-11-9-15/h1-11,13-14H,12H2,(H,29,31). The van der Waals surface area contributed by atoms with Crippen molar-refractivity contribution in [1.82, 2.24) is 25.4 Å². The van der Waals surface area contributed by atoms with E-state index in [1.807, 2.05) is 36.4 Å². The zero-order valence-electron chi connectivity index (χ0n) is 16.6. The highest BCUT2D eigenvalue weighted by molar-refractivity contribution is 5.98. The summed E-state index contributed by atoms with van der Waals surface area (Å²) < 4.78 is 39.6. The van der Waals surface area contributed by atoms with Gasteiger partial charge in [0.1, 0.15) is 5.69 Å². The topological polar surface area (TPSA) is 67.3 Å². The van der Waals surface area contributed by atoms with Crippen LogP contribution < -0.4 is 0 Å². The van der Waals surface area contributed by atoms with Gasteiger partial charge in [-0.2, -0.15) is 23.4 Å². The highest BCUT2D eigenvalue weighted by atomic mass is 19.4. The van der Waals surface area contributed by atoms with Gasteiger partial charge in [-0.1, -0.05) is 36.4 Å². The van der Waals surface area contributed by atoms with Crippen LogP contribution in [0.25, 0.3) is 33.3 Å². The molecule has 32 heavy (non-hydrogen) atoms. The minimum Gasteiger partial charge on any atom is -0.276 e. The van der Waals surface area contributed by atoms with Gasteiger partial charge in [0.05, 0.1) is 23.1 Å². The van der Waals surface area contributed by atoms with Crippen molar-refractivity contribution >= 4 is 10.8 Å². The molecule has 0 unspecified atom stereocenters. The van der Waals surface area contributed by atoms with Gasteiger partial charge in [0.25, 0.3) is 0 Å². The highest BCUT2D eigenvalue weighted by Crippen LogP contribution is 2.36. The first-order chi connectivity index (χ1) is 15.5. The van der Waals surface area contributed by atoms with Crippen molar-refractivity contribution in [3.05, 3.63) is 96.1 Å². The van der Waals surface area contributed by atoms with Crippen LogP contribution in [-0.2, 0) is 12.6 Å². The monoisotopic (exact) mass is 431 g/mol. The summed E-state index contributed by atoms with van der Waals surface area (Å²) in [4.78, 5) is 4.04. The minimum atomic E-state index is -4.43. The Hall–Kier alpha value is -4.07. The lowest BCUT2D eigenvalue weighted by atomic mass is 9.98. The first kappa shape index (κ1) is 19.9. The lowest BCUT2D eigenvalue weighted by molar-refractivity contribution is -0.137. The molecule has 158 valence electrons. The number of H-pyrrole nitrogens is 1. The van der Waals surface area contributed by atoms with Gasteiger partial charge in [0.15, 0.2) is 0 Å². The molecule has 0 spiro atoms. The lowest BCUT2D eigenvalue weighted by Crippen LogP contribution is -2.04. The van der Waals surface area contributed by atoms with Crippen LogP contribution in [0.1, 0.15) is 16.8 Å². The molecular weight excluding hydrogens is 415 g/mol. The molecule has 0 bridgehead atoms. The third kappa shape index (κ3) is 3.71. The smallest absolute Gasteiger partial charge is 0.276 e. The number of rotatable bonds is 4. The second-order valence-electron chi connectivity index (χ2n) is 7.31. The van der Waals surface area contributed by atoms with Crippen LogP contribution >= 0.6 is 0 Å². The van der Waals surface area contributed by atoms with Crippen molar-refractivity contribution in [3.8, 4) is 22.5 Å². The summed E-state index contributed by atoms with van der Waals surface area (Å²) in [7, 11) is 0. The fourth-order valence-corrected chi connectivity index (χ4v) is 3.72. The van der Waals surface area contributed by atoms with Gasteiger partial charge in [-0.15, -0.1) is 5.10 Å². The number of aromatic nitrogens is 5. The molecule has 8 heteroatoms. The first-order valence-electron chi connectivity index (χ1n) is 9.85. The zero-order valence-corrected chi connectivity index (χ0v) is 16.6. The molecule has 0 aliphatic heterocycles. The van der Waals surface area contributed by atoms with Crippen LogP contribution in [0.4, 0.5) is 13.2 Å². The average Bonchev–Trinajstić information content (AvgIpc) is 3.29. The Bertz CT molecular complexity index is 1390. The Morgan fingerprint density at radius 2 is 1.62 bits per heavy atom. The van der Waals surface area contributed by atoms with Crippen LogP contribution in [0.5, 0.6) is 0 Å². The number of halogens is 3. The van der Waals surface area contributed by atoms with Gasteiger partial charge in [-0.05, 0) is 35.4 Å². The molecule has 5 nitrogen and oxygen atoms in total. The van der Waals surface area contributed by atoms with Crippen LogP contribution in [0.2, 0.25) is 0 Å². The van der Waals surface area contributed by atoms with E-state index < -0.39 is 11.7 Å². The third-order valence-corrected chi connectivity index (χ3v) is 5.26. The molecule has 0 amide bonds. The quantitative estimate of drug-likeness (QED) is 0.397. The maximum absolute atomic E-state index is 13.2. The van der Waals surface area contributed by atoms with Gasteiger partial charge in [-0.25, -0.2) is 0 Å². The van der Waals surface area contributed by atoms with Crippen LogP contribution in [-0.4, -0.2) is 25.4 Å². The number of nitrogens with zero attached hydrogens (tertiary/aromatic N) is 4. The number of alkyl halides is 3. The molecule has 0 aliphatic carbocycles. The van der Waals surface area contributed by atoms with E-state index in [1.54, 1.807) is 18.5 Å². The number of fused-ring (bicyclic) bond motifs is 1. The second-order valence-corrected chi connectivity index (χ2v) is 7.31. The number of pyridine rings is 1. The van der Waals surface area contributed by atoms with E-state index in [0.717, 1.165) is 34.2 Å². The molecule has 0 saturated heterocycles. The Balaban J connectivity index is 1.62. The largest absolute Gasteiger partial charge is 0.416 e. The van der Waals surface area contributed by atoms with Crippen molar-refractivity contribution in [2.45, 2.75) is 12.6 Å². The summed E-state index contributed by atoms with van der Waals surface area (Å²) >= 11 is 0. The van der Waals surface area contributed by atoms with Crippen LogP contribution in [0, 0.1) is 0 Å². The molecule has 3 aromatic heterocycles. The Labute approximate surface area is 181 Å². The van der Waals surface area contributed by atoms with E-state index in [9.17, 15) is 13.2 Å². The molecule has 0 aliphatic rings. The van der Waals surface area contributed by atoms with Crippen LogP contribution in [0.3, 0.4) is 0 Å². The molecule has 2 aromatic carbocycles. The Morgan fingerprint density at radius 3 is 2.41 bits per heavy atom. The average molecular weight is 431 g/mol. The summed E-state index contributed by atoms with van der Waals surface area (Å²) in [5.41, 5.74) is 3.11. The van der Waals surface area contributed by atoms with Gasteiger partial charge >= 0.3 is 6.18 Å². The fourth-order valence-electron chi connectivity index (χ4n) is 3.72. The molecule has 0 saturated carbocycles. The van der Waals surface area contributed by atoms with E-state index in [0.29, 0.717) is 28.9 Å². The van der Waals surface area contributed by atoms with Crippen molar-refractivity contribution < 1.29 is 13.2 Å². The van der Waals surface area contributed by atoms with Gasteiger partial charge in [0, 0.05) is 35.2 Å². The summed E-state index contributed by atoms with van der Waals surface area (Å²) in [6, 6.07) is 16.7. The van der Waals surface area contributed by atoms with E-state index >= 15 is 0 Å². The minimum absolute atomic E-state index is 0.398. The number of hydrogen-bond donors (Lipinski definition) is 1. The molecule has 0 fully saturated rings. The number of nitrogens with one attached hydrogen (secondary N) is 1. The van der Waals surface area contributed by atoms with Crippen molar-refractivity contribution in [2.75, 3.05) is 0 Å². The number of benzene rings is 2. The maximum Gasteiger partial charge on any atom is 0.416 e. The second kappa shape index (κ2) is 7.88. The normalized spacial score (nSPS) is 11.7. The van der Waals surface area contributed by atoms with E-state index in [-0.39, 0.29) is 0 Å². The summed E-state index contributed by atoms with van der Waals surface area (Å²) in [6.07, 6.45) is 1.11. The summed E-state index contributed by atoms with van der Waals surface area (Å²) in [5, 5.41) is 17.6. The van der Waals surface area contributed by atoms with E-state index in [2.05, 4.69) is 25.4 Å². The predicted octanol–water partition coefficient (Wildman–Crippen LogP) is 5.69. The van der Waals surface area contributed by atoms with E-state index in [4.69, 9.17) is 0 Å². The summed E-state index contributed by atoms with van der Waals surface area (Å²) in [5.74, 6) is 0. The van der Waals surface area contributed by atoms with Gasteiger partial charge < -0.3 is 0 Å². The number of aromatic amines is 1. The fraction of sp³-hybridized carbons (Fsp3) is 0.0833. The molecule has 0 radical (unpaired) electrons. The predicted molar refractivity (Wildman–Crippen MR) is 115 cm³/mol. The van der Waals surface area contributed by atoms with Crippen molar-refractivity contribution in [3.63, 3.8) is 0 Å². The molecule has 5 rings (SSSR count). The maximum atomic E-state index is 13.2. The SMILES string of the molecule is FC(F)(F)c1cccc(-c2cn[nH]c2-c2nnc(Cc3ccncc3)c3ccccc23)c1. The third-order valence-electron chi connectivity index (χ3n) is 5.26. The molecular formula is C24H16F3N5.